The molecule has 7 heteroatoms. The number of rotatable bonds is 7. The number of amides is 1. The summed E-state index contributed by atoms with van der Waals surface area (Å²) in [5.41, 5.74) is 1.24. The first-order valence-corrected chi connectivity index (χ1v) is 10.8. The van der Waals surface area contributed by atoms with Crippen molar-refractivity contribution in [3.63, 3.8) is 0 Å². The van der Waals surface area contributed by atoms with E-state index in [2.05, 4.69) is 20.2 Å². The van der Waals surface area contributed by atoms with E-state index in [1.807, 2.05) is 12.1 Å². The molecule has 1 saturated carbocycles. The Morgan fingerprint density at radius 3 is 2.67 bits per heavy atom. The van der Waals surface area contributed by atoms with E-state index in [1.165, 1.54) is 32.0 Å². The SMILES string of the molecule is COc1ccc(OC2CCN(C3CCCC3)CC2)c(C(=O)NCc2ccncn2)c1. The Balaban J connectivity index is 1.39. The highest BCUT2D eigenvalue weighted by molar-refractivity contribution is 5.97. The maximum absolute atomic E-state index is 12.9. The van der Waals surface area contributed by atoms with Gasteiger partial charge < -0.3 is 19.7 Å². The van der Waals surface area contributed by atoms with Crippen LogP contribution in [-0.2, 0) is 6.54 Å². The normalized spacial score (nSPS) is 18.3. The first kappa shape index (κ1) is 20.6. The lowest BCUT2D eigenvalue weighted by molar-refractivity contribution is 0.0749. The van der Waals surface area contributed by atoms with Gasteiger partial charge in [-0.05, 0) is 49.9 Å². The molecule has 1 N–H and O–H groups in total. The lowest BCUT2D eigenvalue weighted by atomic mass is 10.0. The number of benzene rings is 1. The average Bonchev–Trinajstić information content (AvgIpc) is 3.34. The summed E-state index contributed by atoms with van der Waals surface area (Å²) in [6.07, 6.45) is 10.6. The van der Waals surface area contributed by atoms with E-state index in [9.17, 15) is 4.79 Å². The minimum Gasteiger partial charge on any atom is -0.497 e. The van der Waals surface area contributed by atoms with Crippen molar-refractivity contribution in [1.29, 1.82) is 0 Å². The molecule has 7 nitrogen and oxygen atoms in total. The van der Waals surface area contributed by atoms with E-state index in [4.69, 9.17) is 9.47 Å². The molecular weight excluding hydrogens is 380 g/mol. The maximum atomic E-state index is 12.9. The summed E-state index contributed by atoms with van der Waals surface area (Å²) in [5, 5.41) is 2.92. The van der Waals surface area contributed by atoms with Crippen LogP contribution in [0.15, 0.2) is 36.8 Å². The minimum absolute atomic E-state index is 0.129. The number of carbonyl (C=O) groups is 1. The van der Waals surface area contributed by atoms with Gasteiger partial charge in [0.2, 0.25) is 0 Å². The molecule has 160 valence electrons. The molecule has 0 unspecified atom stereocenters. The van der Waals surface area contributed by atoms with Crippen molar-refractivity contribution in [3.05, 3.63) is 48.0 Å². The molecule has 1 aromatic carbocycles. The van der Waals surface area contributed by atoms with Crippen LogP contribution < -0.4 is 14.8 Å². The van der Waals surface area contributed by atoms with Crippen LogP contribution in [0.1, 0.15) is 54.6 Å². The predicted molar refractivity (Wildman–Crippen MR) is 114 cm³/mol. The van der Waals surface area contributed by atoms with Gasteiger partial charge in [-0.2, -0.15) is 0 Å². The number of hydrogen-bond acceptors (Lipinski definition) is 6. The van der Waals surface area contributed by atoms with Crippen molar-refractivity contribution < 1.29 is 14.3 Å². The summed E-state index contributed by atoms with van der Waals surface area (Å²) in [4.78, 5) is 23.5. The van der Waals surface area contributed by atoms with Crippen LogP contribution in [-0.4, -0.2) is 53.1 Å². The summed E-state index contributed by atoms with van der Waals surface area (Å²) in [6, 6.07) is 7.95. The predicted octanol–water partition coefficient (Wildman–Crippen LogP) is 3.20. The molecule has 2 fully saturated rings. The third kappa shape index (κ3) is 5.08. The largest absolute Gasteiger partial charge is 0.497 e. The molecular formula is C23H30N4O3. The van der Waals surface area contributed by atoms with Gasteiger partial charge in [0.15, 0.2) is 0 Å². The van der Waals surface area contributed by atoms with E-state index < -0.39 is 0 Å². The van der Waals surface area contributed by atoms with E-state index >= 15 is 0 Å². The topological polar surface area (TPSA) is 76.6 Å². The lowest BCUT2D eigenvalue weighted by Crippen LogP contribution is -2.43. The monoisotopic (exact) mass is 410 g/mol. The number of ether oxygens (including phenoxy) is 2. The third-order valence-corrected chi connectivity index (χ3v) is 6.12. The number of piperidine rings is 1. The standard InChI is InChI=1S/C23H30N4O3/c1-29-20-6-7-22(21(14-20)23(28)25-15-17-8-11-24-16-26-17)30-19-9-12-27(13-10-19)18-4-2-3-5-18/h6-8,11,14,16,18-19H,2-5,9-10,12-13,15H2,1H3,(H,25,28). The van der Waals surface area contributed by atoms with E-state index in [-0.39, 0.29) is 12.0 Å². The Morgan fingerprint density at radius 2 is 1.97 bits per heavy atom. The third-order valence-electron chi connectivity index (χ3n) is 6.12. The number of methoxy groups -OCH3 is 1. The van der Waals surface area contributed by atoms with Crippen LogP contribution in [0, 0.1) is 0 Å². The molecule has 0 radical (unpaired) electrons. The molecule has 4 rings (SSSR count). The van der Waals surface area contributed by atoms with Crippen LogP contribution in [0.4, 0.5) is 0 Å². The second kappa shape index (κ2) is 9.89. The first-order valence-electron chi connectivity index (χ1n) is 10.8. The van der Waals surface area contributed by atoms with Crippen LogP contribution in [0.25, 0.3) is 0 Å². The molecule has 30 heavy (non-hydrogen) atoms. The number of hydrogen-bond donors (Lipinski definition) is 1. The Morgan fingerprint density at radius 1 is 1.17 bits per heavy atom. The zero-order valence-electron chi connectivity index (χ0n) is 17.5. The van der Waals surface area contributed by atoms with Crippen LogP contribution >= 0.6 is 0 Å². The molecule has 0 spiro atoms. The fourth-order valence-electron chi connectivity index (χ4n) is 4.41. The van der Waals surface area contributed by atoms with Crippen molar-refractivity contribution in [3.8, 4) is 11.5 Å². The Bertz CT molecular complexity index is 832. The van der Waals surface area contributed by atoms with Gasteiger partial charge in [0.05, 0.1) is 24.9 Å². The summed E-state index contributed by atoms with van der Waals surface area (Å²) in [7, 11) is 1.59. The van der Waals surface area contributed by atoms with Crippen molar-refractivity contribution in [2.75, 3.05) is 20.2 Å². The zero-order chi connectivity index (χ0) is 20.8. The van der Waals surface area contributed by atoms with Gasteiger partial charge in [-0.25, -0.2) is 9.97 Å². The Labute approximate surface area is 177 Å². The zero-order valence-corrected chi connectivity index (χ0v) is 17.5. The Kier molecular flexibility index (Phi) is 6.79. The van der Waals surface area contributed by atoms with Gasteiger partial charge in [-0.15, -0.1) is 0 Å². The van der Waals surface area contributed by atoms with Crippen molar-refractivity contribution in [1.82, 2.24) is 20.2 Å². The number of carbonyl (C=O) groups excluding carboxylic acids is 1. The van der Waals surface area contributed by atoms with E-state index in [1.54, 1.807) is 25.4 Å². The molecule has 2 aliphatic rings. The number of aromatic nitrogens is 2. The molecule has 1 saturated heterocycles. The molecule has 0 bridgehead atoms. The summed E-state index contributed by atoms with van der Waals surface area (Å²) in [5.74, 6) is 1.03. The minimum atomic E-state index is -0.203. The number of likely N-dealkylation sites (tertiary alicyclic amines) is 1. The highest BCUT2D eigenvalue weighted by atomic mass is 16.5. The van der Waals surface area contributed by atoms with Crippen molar-refractivity contribution in [2.24, 2.45) is 0 Å². The van der Waals surface area contributed by atoms with Gasteiger partial charge in [0.1, 0.15) is 23.9 Å². The summed E-state index contributed by atoms with van der Waals surface area (Å²) >= 11 is 0. The Hall–Kier alpha value is -2.67. The molecule has 2 heterocycles. The summed E-state index contributed by atoms with van der Waals surface area (Å²) < 4.78 is 11.6. The van der Waals surface area contributed by atoms with Gasteiger partial charge in [0, 0.05) is 25.3 Å². The van der Waals surface area contributed by atoms with Gasteiger partial charge in [-0.1, -0.05) is 12.8 Å². The fourth-order valence-corrected chi connectivity index (χ4v) is 4.41. The van der Waals surface area contributed by atoms with E-state index in [0.717, 1.165) is 37.7 Å². The smallest absolute Gasteiger partial charge is 0.255 e. The second-order valence-corrected chi connectivity index (χ2v) is 8.04. The van der Waals surface area contributed by atoms with Gasteiger partial charge >= 0.3 is 0 Å². The van der Waals surface area contributed by atoms with Crippen LogP contribution in [0.2, 0.25) is 0 Å². The van der Waals surface area contributed by atoms with Crippen LogP contribution in [0.3, 0.4) is 0 Å². The fraction of sp³-hybridized carbons (Fsp3) is 0.522. The molecule has 1 aromatic heterocycles. The highest BCUT2D eigenvalue weighted by Crippen LogP contribution is 2.30. The molecule has 2 aromatic rings. The quantitative estimate of drug-likeness (QED) is 0.755. The van der Waals surface area contributed by atoms with Gasteiger partial charge in [0.25, 0.3) is 5.91 Å². The number of nitrogens with one attached hydrogen (secondary N) is 1. The number of nitrogens with zero attached hydrogens (tertiary/aromatic N) is 3. The van der Waals surface area contributed by atoms with Crippen molar-refractivity contribution >= 4 is 5.91 Å². The maximum Gasteiger partial charge on any atom is 0.255 e. The van der Waals surface area contributed by atoms with Gasteiger partial charge in [-0.3, -0.25) is 4.79 Å². The van der Waals surface area contributed by atoms with Crippen molar-refractivity contribution in [2.45, 2.75) is 57.2 Å². The average molecular weight is 411 g/mol. The lowest BCUT2D eigenvalue weighted by Gasteiger charge is -2.36. The molecule has 1 amide bonds. The second-order valence-electron chi connectivity index (χ2n) is 8.04. The first-order chi connectivity index (χ1) is 14.7. The molecule has 1 aliphatic carbocycles. The van der Waals surface area contributed by atoms with Crippen LogP contribution in [0.5, 0.6) is 11.5 Å². The summed E-state index contributed by atoms with van der Waals surface area (Å²) in [6.45, 7) is 2.47. The van der Waals surface area contributed by atoms with E-state index in [0.29, 0.717) is 23.6 Å². The molecule has 1 aliphatic heterocycles. The highest BCUT2D eigenvalue weighted by Gasteiger charge is 2.28. The molecule has 0 atom stereocenters.